The molecule has 2 aromatic heterocycles. The molecule has 0 unspecified atom stereocenters. The fraction of sp³-hybridized carbons (Fsp3) is 0.269. The first kappa shape index (κ1) is 23.9. The zero-order valence-corrected chi connectivity index (χ0v) is 20.8. The van der Waals surface area contributed by atoms with Crippen molar-refractivity contribution >= 4 is 32.9 Å². The van der Waals surface area contributed by atoms with Gasteiger partial charge in [0.1, 0.15) is 29.7 Å². The van der Waals surface area contributed by atoms with Gasteiger partial charge in [-0.2, -0.15) is 0 Å². The van der Waals surface area contributed by atoms with E-state index in [1.807, 2.05) is 41.0 Å². The minimum atomic E-state index is -0.982. The maximum Gasteiger partial charge on any atom is 0.309 e. The maximum absolute atomic E-state index is 14.2. The zero-order chi connectivity index (χ0) is 24.5. The quantitative estimate of drug-likeness (QED) is 0.308. The summed E-state index contributed by atoms with van der Waals surface area (Å²) in [6.07, 6.45) is 1.87. The molecule has 0 radical (unpaired) electrons. The molecule has 0 fully saturated rings. The Balaban J connectivity index is 1.70. The van der Waals surface area contributed by atoms with Gasteiger partial charge in [0.15, 0.2) is 0 Å². The lowest BCUT2D eigenvalue weighted by atomic mass is 9.89. The van der Waals surface area contributed by atoms with Crippen LogP contribution in [-0.4, -0.2) is 25.6 Å². The standard InChI is InChI=1S/C26H25BrFN3O3/c1-16-9-20(28)22(29-13-16)15-34-19-7-8-21-23(11-19)31(14-17-5-4-6-18(27)10-17)24(30-21)12-26(2,3)25(32)33/h4-11,13H,12,14-15H2,1-3H3,(H,32,33). The van der Waals surface area contributed by atoms with Gasteiger partial charge in [-0.05, 0) is 62.2 Å². The first-order valence-electron chi connectivity index (χ1n) is 10.8. The van der Waals surface area contributed by atoms with Crippen LogP contribution in [0.15, 0.2) is 59.2 Å². The zero-order valence-electron chi connectivity index (χ0n) is 19.2. The average Bonchev–Trinajstić information content (AvgIpc) is 3.08. The van der Waals surface area contributed by atoms with Crippen molar-refractivity contribution in [2.24, 2.45) is 5.41 Å². The van der Waals surface area contributed by atoms with Gasteiger partial charge in [0.05, 0.1) is 16.4 Å². The SMILES string of the molecule is Cc1cnc(COc2ccc3nc(CC(C)(C)C(=O)O)n(Cc4cccc(Br)c4)c3c2)c(F)c1. The third-order valence-electron chi connectivity index (χ3n) is 5.64. The number of aryl methyl sites for hydroxylation is 1. The summed E-state index contributed by atoms with van der Waals surface area (Å²) in [5, 5.41) is 9.66. The van der Waals surface area contributed by atoms with E-state index < -0.39 is 17.2 Å². The number of hydrogen-bond acceptors (Lipinski definition) is 4. The molecule has 1 N–H and O–H groups in total. The Hall–Kier alpha value is -3.26. The smallest absolute Gasteiger partial charge is 0.309 e. The molecule has 0 saturated heterocycles. The van der Waals surface area contributed by atoms with E-state index in [4.69, 9.17) is 9.72 Å². The normalized spacial score (nSPS) is 11.7. The number of ether oxygens (including phenoxy) is 1. The fourth-order valence-corrected chi connectivity index (χ4v) is 4.11. The van der Waals surface area contributed by atoms with Gasteiger partial charge < -0.3 is 14.4 Å². The number of aliphatic carboxylic acids is 1. The van der Waals surface area contributed by atoms with Crippen LogP contribution in [0, 0.1) is 18.2 Å². The van der Waals surface area contributed by atoms with Crippen LogP contribution in [0.25, 0.3) is 11.0 Å². The number of carbonyl (C=O) groups is 1. The third-order valence-corrected chi connectivity index (χ3v) is 6.13. The summed E-state index contributed by atoms with van der Waals surface area (Å²) < 4.78 is 23.0. The van der Waals surface area contributed by atoms with Crippen molar-refractivity contribution in [1.82, 2.24) is 14.5 Å². The summed E-state index contributed by atoms with van der Waals surface area (Å²) in [6, 6.07) is 14.8. The molecule has 0 bridgehead atoms. The number of pyridine rings is 1. The molecule has 0 amide bonds. The molecule has 4 rings (SSSR count). The largest absolute Gasteiger partial charge is 0.487 e. The first-order valence-corrected chi connectivity index (χ1v) is 11.6. The van der Waals surface area contributed by atoms with Crippen LogP contribution in [0.3, 0.4) is 0 Å². The van der Waals surface area contributed by atoms with Crippen molar-refractivity contribution in [2.45, 2.75) is 40.3 Å². The van der Waals surface area contributed by atoms with Gasteiger partial charge in [0.2, 0.25) is 0 Å². The summed E-state index contributed by atoms with van der Waals surface area (Å²) >= 11 is 3.51. The molecule has 2 heterocycles. The number of rotatable bonds is 8. The highest BCUT2D eigenvalue weighted by Gasteiger charge is 2.30. The molecular formula is C26H25BrFN3O3. The van der Waals surface area contributed by atoms with Crippen LogP contribution in [0.2, 0.25) is 0 Å². The van der Waals surface area contributed by atoms with E-state index in [0.717, 1.165) is 26.6 Å². The van der Waals surface area contributed by atoms with Gasteiger partial charge in [-0.1, -0.05) is 28.1 Å². The van der Waals surface area contributed by atoms with Gasteiger partial charge in [-0.3, -0.25) is 9.78 Å². The van der Waals surface area contributed by atoms with Gasteiger partial charge in [-0.25, -0.2) is 9.37 Å². The molecule has 0 aliphatic heterocycles. The number of benzene rings is 2. The Morgan fingerprint density at radius 1 is 1.21 bits per heavy atom. The molecule has 0 aliphatic carbocycles. The second-order valence-electron chi connectivity index (χ2n) is 8.99. The van der Waals surface area contributed by atoms with Crippen molar-refractivity contribution in [3.8, 4) is 5.75 Å². The van der Waals surface area contributed by atoms with E-state index in [1.165, 1.54) is 6.07 Å². The van der Waals surface area contributed by atoms with E-state index in [9.17, 15) is 14.3 Å². The van der Waals surface area contributed by atoms with Crippen molar-refractivity contribution in [2.75, 3.05) is 0 Å². The number of hydrogen-bond donors (Lipinski definition) is 1. The van der Waals surface area contributed by atoms with Gasteiger partial charge in [0, 0.05) is 29.7 Å². The van der Waals surface area contributed by atoms with Crippen LogP contribution >= 0.6 is 15.9 Å². The number of carboxylic acid groups (broad SMARTS) is 1. The minimum absolute atomic E-state index is 0.00368. The molecule has 4 aromatic rings. The second kappa shape index (κ2) is 9.54. The molecule has 0 spiro atoms. The molecule has 0 atom stereocenters. The maximum atomic E-state index is 14.2. The Bertz CT molecular complexity index is 1370. The van der Waals surface area contributed by atoms with Crippen LogP contribution in [0.1, 0.15) is 36.5 Å². The summed E-state index contributed by atoms with van der Waals surface area (Å²) in [7, 11) is 0. The topological polar surface area (TPSA) is 77.2 Å². The van der Waals surface area contributed by atoms with E-state index in [-0.39, 0.29) is 18.7 Å². The highest BCUT2D eigenvalue weighted by molar-refractivity contribution is 9.10. The van der Waals surface area contributed by atoms with Crippen LogP contribution in [0.4, 0.5) is 4.39 Å². The third kappa shape index (κ3) is 5.28. The monoisotopic (exact) mass is 525 g/mol. The summed E-state index contributed by atoms with van der Waals surface area (Å²) in [4.78, 5) is 20.6. The summed E-state index contributed by atoms with van der Waals surface area (Å²) in [5.41, 5.74) is 2.59. The average molecular weight is 526 g/mol. The van der Waals surface area contributed by atoms with Crippen molar-refractivity contribution in [3.63, 3.8) is 0 Å². The lowest BCUT2D eigenvalue weighted by Gasteiger charge is -2.19. The first-order chi connectivity index (χ1) is 16.1. The van der Waals surface area contributed by atoms with E-state index in [2.05, 4.69) is 20.9 Å². The Labute approximate surface area is 205 Å². The number of halogens is 2. The Morgan fingerprint density at radius 2 is 2.00 bits per heavy atom. The molecule has 0 aliphatic rings. The van der Waals surface area contributed by atoms with E-state index >= 15 is 0 Å². The van der Waals surface area contributed by atoms with Crippen molar-refractivity contribution < 1.29 is 19.0 Å². The highest BCUT2D eigenvalue weighted by Crippen LogP contribution is 2.29. The number of fused-ring (bicyclic) bond motifs is 1. The van der Waals surface area contributed by atoms with Gasteiger partial charge >= 0.3 is 5.97 Å². The highest BCUT2D eigenvalue weighted by atomic mass is 79.9. The van der Waals surface area contributed by atoms with E-state index in [1.54, 1.807) is 33.0 Å². The lowest BCUT2D eigenvalue weighted by molar-refractivity contribution is -0.146. The van der Waals surface area contributed by atoms with Crippen molar-refractivity contribution in [1.29, 1.82) is 0 Å². The molecule has 2 aromatic carbocycles. The number of carboxylic acids is 1. The Morgan fingerprint density at radius 3 is 2.71 bits per heavy atom. The predicted molar refractivity (Wildman–Crippen MR) is 131 cm³/mol. The van der Waals surface area contributed by atoms with Crippen molar-refractivity contribution in [3.05, 3.63) is 87.7 Å². The number of imidazole rings is 1. The molecule has 8 heteroatoms. The summed E-state index contributed by atoms with van der Waals surface area (Å²) in [5.74, 6) is -0.0661. The lowest BCUT2D eigenvalue weighted by Crippen LogP contribution is -2.27. The van der Waals surface area contributed by atoms with Crippen LogP contribution in [0.5, 0.6) is 5.75 Å². The minimum Gasteiger partial charge on any atom is -0.487 e. The number of aromatic nitrogens is 3. The molecule has 176 valence electrons. The predicted octanol–water partition coefficient (Wildman–Crippen LogP) is 5.92. The molecule has 6 nitrogen and oxygen atoms in total. The second-order valence-corrected chi connectivity index (χ2v) is 9.91. The van der Waals surface area contributed by atoms with Gasteiger partial charge in [0.25, 0.3) is 0 Å². The van der Waals surface area contributed by atoms with Gasteiger partial charge in [-0.15, -0.1) is 0 Å². The van der Waals surface area contributed by atoms with Crippen LogP contribution < -0.4 is 4.74 Å². The van der Waals surface area contributed by atoms with E-state index in [0.29, 0.717) is 18.1 Å². The molecule has 34 heavy (non-hydrogen) atoms. The molecular weight excluding hydrogens is 501 g/mol. The number of nitrogens with zero attached hydrogens (tertiary/aromatic N) is 3. The fourth-order valence-electron chi connectivity index (χ4n) is 3.66. The Kier molecular flexibility index (Phi) is 6.70. The van der Waals surface area contributed by atoms with Crippen LogP contribution in [-0.2, 0) is 24.4 Å². The summed E-state index contributed by atoms with van der Waals surface area (Å²) in [6.45, 7) is 5.67. The molecule has 0 saturated carbocycles.